The van der Waals surface area contributed by atoms with Gasteiger partial charge >= 0.3 is 0 Å². The summed E-state index contributed by atoms with van der Waals surface area (Å²) in [6, 6.07) is 0.802. The lowest BCUT2D eigenvalue weighted by atomic mass is 9.91. The van der Waals surface area contributed by atoms with Crippen LogP contribution in [-0.2, 0) is 0 Å². The summed E-state index contributed by atoms with van der Waals surface area (Å²) in [7, 11) is 0. The smallest absolute Gasteiger partial charge is 0.00954 e. The van der Waals surface area contributed by atoms with Gasteiger partial charge in [-0.15, -0.1) is 0 Å². The fourth-order valence-corrected chi connectivity index (χ4v) is 2.95. The van der Waals surface area contributed by atoms with Gasteiger partial charge in [-0.2, -0.15) is 0 Å². The molecule has 0 bridgehead atoms. The first-order valence-electron chi connectivity index (χ1n) is 7.42. The summed E-state index contributed by atoms with van der Waals surface area (Å²) in [5.41, 5.74) is 6.12. The lowest BCUT2D eigenvalue weighted by molar-refractivity contribution is 0.127. The Hall–Kier alpha value is -0.0800. The summed E-state index contributed by atoms with van der Waals surface area (Å²) in [5.74, 6) is 0.932. The van der Waals surface area contributed by atoms with Gasteiger partial charge in [-0.25, -0.2) is 0 Å². The largest absolute Gasteiger partial charge is 0.330 e. The van der Waals surface area contributed by atoms with Crippen molar-refractivity contribution < 1.29 is 0 Å². The van der Waals surface area contributed by atoms with Crippen LogP contribution in [0.15, 0.2) is 0 Å². The van der Waals surface area contributed by atoms with Gasteiger partial charge in [-0.05, 0) is 43.7 Å². The van der Waals surface area contributed by atoms with Crippen LogP contribution in [0.4, 0.5) is 0 Å². The lowest BCUT2D eigenvalue weighted by Gasteiger charge is -2.36. The third-order valence-corrected chi connectivity index (χ3v) is 4.33. The van der Waals surface area contributed by atoms with Crippen molar-refractivity contribution in [3.63, 3.8) is 0 Å². The highest BCUT2D eigenvalue weighted by Crippen LogP contribution is 2.27. The van der Waals surface area contributed by atoms with Crippen LogP contribution in [0.1, 0.15) is 59.8 Å². The minimum atomic E-state index is 0.258. The molecule has 2 heteroatoms. The van der Waals surface area contributed by atoms with E-state index < -0.39 is 0 Å². The van der Waals surface area contributed by atoms with Crippen LogP contribution in [0.2, 0.25) is 0 Å². The van der Waals surface area contributed by atoms with E-state index in [9.17, 15) is 0 Å². The first-order chi connectivity index (χ1) is 7.98. The van der Waals surface area contributed by atoms with E-state index in [0.29, 0.717) is 0 Å². The Balaban J connectivity index is 2.54. The molecule has 0 aromatic rings. The highest BCUT2D eigenvalue weighted by molar-refractivity contribution is 4.81. The van der Waals surface area contributed by atoms with Crippen molar-refractivity contribution >= 4 is 0 Å². The monoisotopic (exact) mass is 240 g/mol. The molecule has 2 atom stereocenters. The second kappa shape index (κ2) is 6.75. The van der Waals surface area contributed by atoms with Gasteiger partial charge in [0.1, 0.15) is 0 Å². The fourth-order valence-electron chi connectivity index (χ4n) is 2.95. The van der Waals surface area contributed by atoms with Gasteiger partial charge in [0, 0.05) is 12.6 Å². The van der Waals surface area contributed by atoms with Crippen molar-refractivity contribution in [2.45, 2.75) is 65.8 Å². The number of rotatable bonds is 5. The first kappa shape index (κ1) is 15.0. The summed E-state index contributed by atoms with van der Waals surface area (Å²) in [6.07, 6.45) is 7.01. The van der Waals surface area contributed by atoms with Crippen LogP contribution < -0.4 is 5.73 Å². The van der Waals surface area contributed by atoms with Crippen LogP contribution in [0.5, 0.6) is 0 Å². The molecule has 102 valence electrons. The summed E-state index contributed by atoms with van der Waals surface area (Å²) >= 11 is 0. The molecule has 2 N–H and O–H groups in total. The highest BCUT2D eigenvalue weighted by Gasteiger charge is 2.26. The van der Waals surface area contributed by atoms with Gasteiger partial charge in [0.15, 0.2) is 0 Å². The van der Waals surface area contributed by atoms with Crippen LogP contribution >= 0.6 is 0 Å². The van der Waals surface area contributed by atoms with E-state index in [1.807, 2.05) is 0 Å². The molecule has 0 spiro atoms. The first-order valence-corrected chi connectivity index (χ1v) is 7.42. The van der Waals surface area contributed by atoms with E-state index in [2.05, 4.69) is 32.6 Å². The van der Waals surface area contributed by atoms with E-state index in [1.54, 1.807) is 0 Å². The Morgan fingerprint density at radius 1 is 1.18 bits per heavy atom. The summed E-state index contributed by atoms with van der Waals surface area (Å²) in [6.45, 7) is 12.4. The SMILES string of the molecule is CCN(CC(C)(C)CN)C1CCCC(C)CC1. The van der Waals surface area contributed by atoms with Crippen molar-refractivity contribution in [1.82, 2.24) is 4.90 Å². The van der Waals surface area contributed by atoms with Gasteiger partial charge in [0.2, 0.25) is 0 Å². The van der Waals surface area contributed by atoms with E-state index in [0.717, 1.165) is 25.0 Å². The molecule has 0 heterocycles. The van der Waals surface area contributed by atoms with Crippen molar-refractivity contribution in [2.75, 3.05) is 19.6 Å². The van der Waals surface area contributed by atoms with Gasteiger partial charge in [0.25, 0.3) is 0 Å². The molecule has 0 radical (unpaired) electrons. The quantitative estimate of drug-likeness (QED) is 0.747. The van der Waals surface area contributed by atoms with E-state index in [4.69, 9.17) is 5.73 Å². The predicted molar refractivity (Wildman–Crippen MR) is 76.1 cm³/mol. The van der Waals surface area contributed by atoms with Gasteiger partial charge in [-0.3, -0.25) is 0 Å². The van der Waals surface area contributed by atoms with E-state index in [1.165, 1.54) is 38.6 Å². The minimum Gasteiger partial charge on any atom is -0.330 e. The highest BCUT2D eigenvalue weighted by atomic mass is 15.2. The van der Waals surface area contributed by atoms with Crippen molar-refractivity contribution in [2.24, 2.45) is 17.1 Å². The molecular weight excluding hydrogens is 208 g/mol. The molecule has 0 aromatic heterocycles. The molecular formula is C15H32N2. The second-order valence-electron chi connectivity index (χ2n) is 6.70. The zero-order valence-electron chi connectivity index (χ0n) is 12.3. The molecule has 1 aliphatic rings. The van der Waals surface area contributed by atoms with Crippen molar-refractivity contribution in [3.05, 3.63) is 0 Å². The van der Waals surface area contributed by atoms with Crippen LogP contribution in [0.25, 0.3) is 0 Å². The molecule has 1 rings (SSSR count). The third-order valence-electron chi connectivity index (χ3n) is 4.33. The summed E-state index contributed by atoms with van der Waals surface area (Å²) < 4.78 is 0. The molecule has 17 heavy (non-hydrogen) atoms. The zero-order chi connectivity index (χ0) is 12.9. The maximum atomic E-state index is 5.87. The number of nitrogens with zero attached hydrogens (tertiary/aromatic N) is 1. The molecule has 1 fully saturated rings. The predicted octanol–water partition coefficient (Wildman–Crippen LogP) is 3.26. The van der Waals surface area contributed by atoms with Crippen LogP contribution in [0.3, 0.4) is 0 Å². The Labute approximate surface area is 108 Å². The molecule has 2 nitrogen and oxygen atoms in total. The maximum Gasteiger partial charge on any atom is 0.00954 e. The standard InChI is InChI=1S/C15H32N2/c1-5-17(12-15(3,4)11-16)14-8-6-7-13(2)9-10-14/h13-14H,5-12,16H2,1-4H3. The van der Waals surface area contributed by atoms with Crippen molar-refractivity contribution in [1.29, 1.82) is 0 Å². The minimum absolute atomic E-state index is 0.258. The van der Waals surface area contributed by atoms with Crippen LogP contribution in [-0.4, -0.2) is 30.6 Å². The second-order valence-corrected chi connectivity index (χ2v) is 6.70. The Morgan fingerprint density at radius 3 is 2.47 bits per heavy atom. The molecule has 0 saturated heterocycles. The molecule has 1 saturated carbocycles. The Bertz CT molecular complexity index is 213. The average Bonchev–Trinajstić information content (AvgIpc) is 2.51. The van der Waals surface area contributed by atoms with E-state index in [-0.39, 0.29) is 5.41 Å². The molecule has 0 aliphatic heterocycles. The Kier molecular flexibility index (Phi) is 5.94. The molecule has 1 aliphatic carbocycles. The third kappa shape index (κ3) is 4.97. The maximum absolute atomic E-state index is 5.87. The zero-order valence-corrected chi connectivity index (χ0v) is 12.3. The summed E-state index contributed by atoms with van der Waals surface area (Å²) in [4.78, 5) is 2.67. The number of nitrogens with two attached hydrogens (primary N) is 1. The fraction of sp³-hybridized carbons (Fsp3) is 1.00. The number of hydrogen-bond acceptors (Lipinski definition) is 2. The molecule has 0 amide bonds. The van der Waals surface area contributed by atoms with Gasteiger partial charge in [-0.1, -0.05) is 40.5 Å². The van der Waals surface area contributed by atoms with Crippen molar-refractivity contribution in [3.8, 4) is 0 Å². The van der Waals surface area contributed by atoms with Gasteiger partial charge < -0.3 is 10.6 Å². The van der Waals surface area contributed by atoms with Crippen LogP contribution in [0, 0.1) is 11.3 Å². The topological polar surface area (TPSA) is 29.3 Å². The normalized spacial score (nSPS) is 27.2. The lowest BCUT2D eigenvalue weighted by Crippen LogP contribution is -2.44. The number of hydrogen-bond donors (Lipinski definition) is 1. The molecule has 0 aromatic carbocycles. The molecule has 2 unspecified atom stereocenters. The Morgan fingerprint density at radius 2 is 1.88 bits per heavy atom. The van der Waals surface area contributed by atoms with Gasteiger partial charge in [0.05, 0.1) is 0 Å². The van der Waals surface area contributed by atoms with E-state index >= 15 is 0 Å². The average molecular weight is 240 g/mol. The summed E-state index contributed by atoms with van der Waals surface area (Å²) in [5, 5.41) is 0.